The molecule has 2 rings (SSSR count). The quantitative estimate of drug-likeness (QED) is 0.409. The minimum absolute atomic E-state index is 0.0903. The van der Waals surface area contributed by atoms with E-state index in [1.54, 1.807) is 4.68 Å². The number of carbonyl (C=O) groups excluding carboxylic acids is 1. The first-order valence-corrected chi connectivity index (χ1v) is 7.68. The number of aryl methyl sites for hydroxylation is 1. The van der Waals surface area contributed by atoms with E-state index in [9.17, 15) is 14.9 Å². The van der Waals surface area contributed by atoms with Crippen LogP contribution < -0.4 is 0 Å². The molecule has 0 spiro atoms. The van der Waals surface area contributed by atoms with Gasteiger partial charge in [-0.2, -0.15) is 0 Å². The number of aromatic nitrogens is 4. The predicted octanol–water partition coefficient (Wildman–Crippen LogP) is 2.50. The number of esters is 1. The van der Waals surface area contributed by atoms with Crippen LogP contribution in [-0.2, 0) is 17.9 Å². The SMILES string of the molecule is CCCCn1nnnc1COC(=O)c1ccc(Br)c([N+](=O)[O-])c1. The summed E-state index contributed by atoms with van der Waals surface area (Å²) in [4.78, 5) is 22.3. The van der Waals surface area contributed by atoms with Crippen LogP contribution in [0.15, 0.2) is 22.7 Å². The lowest BCUT2D eigenvalue weighted by molar-refractivity contribution is -0.385. The van der Waals surface area contributed by atoms with Gasteiger partial charge in [-0.1, -0.05) is 13.3 Å². The Hall–Kier alpha value is -2.36. The van der Waals surface area contributed by atoms with E-state index in [0.29, 0.717) is 16.8 Å². The van der Waals surface area contributed by atoms with Crippen molar-refractivity contribution in [3.63, 3.8) is 0 Å². The van der Waals surface area contributed by atoms with Gasteiger partial charge in [0.1, 0.15) is 0 Å². The predicted molar refractivity (Wildman–Crippen MR) is 82.6 cm³/mol. The zero-order valence-electron chi connectivity index (χ0n) is 12.3. The minimum Gasteiger partial charge on any atom is -0.454 e. The normalized spacial score (nSPS) is 10.5. The Morgan fingerprint density at radius 3 is 2.96 bits per heavy atom. The number of rotatable bonds is 7. The van der Waals surface area contributed by atoms with Crippen LogP contribution in [0, 0.1) is 10.1 Å². The summed E-state index contributed by atoms with van der Waals surface area (Å²) in [6, 6.07) is 4.03. The molecule has 10 heteroatoms. The van der Waals surface area contributed by atoms with Gasteiger partial charge in [-0.3, -0.25) is 10.1 Å². The summed E-state index contributed by atoms with van der Waals surface area (Å²) >= 11 is 3.06. The van der Waals surface area contributed by atoms with Gasteiger partial charge in [0.25, 0.3) is 5.69 Å². The highest BCUT2D eigenvalue weighted by Gasteiger charge is 2.17. The Kier molecular flexibility index (Phi) is 5.74. The molecule has 0 aliphatic rings. The van der Waals surface area contributed by atoms with E-state index in [0.717, 1.165) is 18.9 Å². The average Bonchev–Trinajstić information content (AvgIpc) is 2.98. The van der Waals surface area contributed by atoms with Crippen molar-refractivity contribution in [3.05, 3.63) is 44.2 Å². The van der Waals surface area contributed by atoms with Crippen LogP contribution in [0.4, 0.5) is 5.69 Å². The van der Waals surface area contributed by atoms with Gasteiger partial charge in [-0.25, -0.2) is 9.48 Å². The van der Waals surface area contributed by atoms with E-state index >= 15 is 0 Å². The Balaban J connectivity index is 2.04. The van der Waals surface area contributed by atoms with Crippen LogP contribution in [0.5, 0.6) is 0 Å². The highest BCUT2D eigenvalue weighted by atomic mass is 79.9. The number of halogens is 1. The third kappa shape index (κ3) is 4.31. The molecule has 1 aromatic carbocycles. The molecule has 0 saturated carbocycles. The summed E-state index contributed by atoms with van der Waals surface area (Å²) in [5.41, 5.74) is -0.111. The van der Waals surface area contributed by atoms with Crippen molar-refractivity contribution in [2.75, 3.05) is 0 Å². The third-order valence-corrected chi connectivity index (χ3v) is 3.71. The zero-order chi connectivity index (χ0) is 16.8. The first-order chi connectivity index (χ1) is 11.0. The van der Waals surface area contributed by atoms with Gasteiger partial charge in [-0.15, -0.1) is 5.10 Å². The number of hydrogen-bond acceptors (Lipinski definition) is 7. The molecule has 9 nitrogen and oxygen atoms in total. The first-order valence-electron chi connectivity index (χ1n) is 6.89. The number of nitro groups is 1. The molecular formula is C13H14BrN5O4. The molecule has 0 aliphatic heterocycles. The fraction of sp³-hybridized carbons (Fsp3) is 0.385. The highest BCUT2D eigenvalue weighted by molar-refractivity contribution is 9.10. The van der Waals surface area contributed by atoms with Crippen molar-refractivity contribution in [3.8, 4) is 0 Å². The molecule has 122 valence electrons. The van der Waals surface area contributed by atoms with Gasteiger partial charge >= 0.3 is 5.97 Å². The van der Waals surface area contributed by atoms with Crippen LogP contribution in [0.1, 0.15) is 35.9 Å². The Labute approximate surface area is 139 Å². The number of carbonyl (C=O) groups is 1. The summed E-state index contributed by atoms with van der Waals surface area (Å²) in [6.07, 6.45) is 1.90. The molecule has 0 N–H and O–H groups in total. The summed E-state index contributed by atoms with van der Waals surface area (Å²) in [7, 11) is 0. The van der Waals surface area contributed by atoms with Crippen molar-refractivity contribution >= 4 is 27.6 Å². The van der Waals surface area contributed by atoms with E-state index < -0.39 is 10.9 Å². The third-order valence-electron chi connectivity index (χ3n) is 3.04. The van der Waals surface area contributed by atoms with Gasteiger partial charge in [-0.05, 0) is 44.9 Å². The van der Waals surface area contributed by atoms with Crippen molar-refractivity contribution in [2.45, 2.75) is 32.9 Å². The Bertz CT molecular complexity index is 718. The summed E-state index contributed by atoms with van der Waals surface area (Å²) in [5, 5.41) is 22.1. The van der Waals surface area contributed by atoms with Crippen LogP contribution >= 0.6 is 15.9 Å². The first kappa shape index (κ1) is 17.0. The van der Waals surface area contributed by atoms with E-state index in [1.165, 1.54) is 12.1 Å². The maximum absolute atomic E-state index is 12.0. The fourth-order valence-corrected chi connectivity index (χ4v) is 2.19. The molecule has 0 amide bonds. The van der Waals surface area contributed by atoms with Gasteiger partial charge in [0.05, 0.1) is 15.0 Å². The van der Waals surface area contributed by atoms with Crippen molar-refractivity contribution in [1.82, 2.24) is 20.2 Å². The second kappa shape index (κ2) is 7.77. The number of benzene rings is 1. The fourth-order valence-electron chi connectivity index (χ4n) is 1.80. The largest absolute Gasteiger partial charge is 0.454 e. The summed E-state index contributed by atoms with van der Waals surface area (Å²) in [6.45, 7) is 2.59. The lowest BCUT2D eigenvalue weighted by atomic mass is 10.2. The lowest BCUT2D eigenvalue weighted by Gasteiger charge is -2.06. The molecule has 0 fully saturated rings. The van der Waals surface area contributed by atoms with E-state index in [1.807, 2.05) is 6.92 Å². The molecule has 0 unspecified atom stereocenters. The molecular weight excluding hydrogens is 370 g/mol. The van der Waals surface area contributed by atoms with Gasteiger partial charge in [0, 0.05) is 12.6 Å². The summed E-state index contributed by atoms with van der Waals surface area (Å²) in [5.74, 6) is -0.246. The molecule has 0 radical (unpaired) electrons. The van der Waals surface area contributed by atoms with E-state index in [4.69, 9.17) is 4.74 Å². The second-order valence-electron chi connectivity index (χ2n) is 4.67. The molecule has 23 heavy (non-hydrogen) atoms. The Morgan fingerprint density at radius 1 is 1.48 bits per heavy atom. The van der Waals surface area contributed by atoms with Crippen molar-refractivity contribution < 1.29 is 14.5 Å². The molecule has 1 heterocycles. The maximum Gasteiger partial charge on any atom is 0.338 e. The van der Waals surface area contributed by atoms with Gasteiger partial charge in [0.2, 0.25) is 0 Å². The van der Waals surface area contributed by atoms with Crippen LogP contribution in [0.3, 0.4) is 0 Å². The van der Waals surface area contributed by atoms with Gasteiger partial charge < -0.3 is 4.74 Å². The van der Waals surface area contributed by atoms with Crippen molar-refractivity contribution in [1.29, 1.82) is 0 Å². The molecule has 0 aliphatic carbocycles. The average molecular weight is 384 g/mol. The number of nitro benzene ring substituents is 1. The molecule has 0 saturated heterocycles. The summed E-state index contributed by atoms with van der Waals surface area (Å²) < 4.78 is 6.99. The number of hydrogen-bond donors (Lipinski definition) is 0. The minimum atomic E-state index is -0.675. The molecule has 1 aromatic heterocycles. The monoisotopic (exact) mass is 383 g/mol. The zero-order valence-corrected chi connectivity index (χ0v) is 13.9. The number of nitrogens with zero attached hydrogens (tertiary/aromatic N) is 5. The molecule has 0 bridgehead atoms. The van der Waals surface area contributed by atoms with E-state index in [2.05, 4.69) is 31.5 Å². The maximum atomic E-state index is 12.0. The number of unbranched alkanes of at least 4 members (excludes halogenated alkanes) is 1. The van der Waals surface area contributed by atoms with Gasteiger partial charge in [0.15, 0.2) is 12.4 Å². The Morgan fingerprint density at radius 2 is 2.26 bits per heavy atom. The standard InChI is InChI=1S/C13H14BrN5O4/c1-2-3-6-18-12(15-16-17-18)8-23-13(20)9-4-5-10(14)11(7-9)19(21)22/h4-5,7H,2-3,6,8H2,1H3. The van der Waals surface area contributed by atoms with Crippen LogP contribution in [0.2, 0.25) is 0 Å². The van der Waals surface area contributed by atoms with Crippen LogP contribution in [-0.4, -0.2) is 31.1 Å². The van der Waals surface area contributed by atoms with Crippen molar-refractivity contribution in [2.24, 2.45) is 0 Å². The van der Waals surface area contributed by atoms with E-state index in [-0.39, 0.29) is 17.9 Å². The molecule has 0 atom stereocenters. The van der Waals surface area contributed by atoms with Crippen LogP contribution in [0.25, 0.3) is 0 Å². The number of ether oxygens (including phenoxy) is 1. The molecule has 2 aromatic rings. The lowest BCUT2D eigenvalue weighted by Crippen LogP contribution is -2.11. The second-order valence-corrected chi connectivity index (χ2v) is 5.53. The smallest absolute Gasteiger partial charge is 0.338 e. The topological polar surface area (TPSA) is 113 Å². The number of tetrazole rings is 1. The highest BCUT2D eigenvalue weighted by Crippen LogP contribution is 2.26.